The average Bonchev–Trinajstić information content (AvgIpc) is 2.87. The molecule has 1 heterocycles. The van der Waals surface area contributed by atoms with E-state index in [4.69, 9.17) is 4.99 Å². The molecule has 1 saturated heterocycles. The van der Waals surface area contributed by atoms with Gasteiger partial charge in [0.1, 0.15) is 0 Å². The first-order valence-corrected chi connectivity index (χ1v) is 9.45. The highest BCUT2D eigenvalue weighted by Crippen LogP contribution is 2.18. The van der Waals surface area contributed by atoms with Gasteiger partial charge in [0.05, 0.1) is 6.54 Å². The molecule has 1 aliphatic heterocycles. The minimum absolute atomic E-state index is 0.480. The van der Waals surface area contributed by atoms with E-state index in [-0.39, 0.29) is 0 Å². The Bertz CT molecular complexity index is 351. The molecule has 0 saturated carbocycles. The molecule has 1 fully saturated rings. The lowest BCUT2D eigenvalue weighted by molar-refractivity contribution is 0.236. The zero-order valence-corrected chi connectivity index (χ0v) is 16.4. The highest BCUT2D eigenvalue weighted by molar-refractivity contribution is 5.80. The van der Waals surface area contributed by atoms with Crippen molar-refractivity contribution in [3.63, 3.8) is 0 Å². The van der Waals surface area contributed by atoms with E-state index in [0.29, 0.717) is 24.0 Å². The molecule has 0 amide bonds. The first kappa shape index (κ1) is 20.2. The Morgan fingerprint density at radius 1 is 1.17 bits per heavy atom. The fourth-order valence-corrected chi connectivity index (χ4v) is 3.30. The maximum Gasteiger partial charge on any atom is 0.191 e. The molecule has 5 heteroatoms. The molecule has 23 heavy (non-hydrogen) atoms. The van der Waals surface area contributed by atoms with E-state index in [0.717, 1.165) is 38.7 Å². The molecule has 136 valence electrons. The second-order valence-corrected chi connectivity index (χ2v) is 7.07. The second-order valence-electron chi connectivity index (χ2n) is 7.07. The van der Waals surface area contributed by atoms with Gasteiger partial charge in [-0.3, -0.25) is 14.8 Å². The summed E-state index contributed by atoms with van der Waals surface area (Å²) in [6.45, 7) is 21.9. The van der Waals surface area contributed by atoms with Gasteiger partial charge in [0, 0.05) is 37.8 Å². The van der Waals surface area contributed by atoms with Gasteiger partial charge in [-0.2, -0.15) is 0 Å². The van der Waals surface area contributed by atoms with Crippen molar-refractivity contribution in [3.05, 3.63) is 0 Å². The maximum absolute atomic E-state index is 4.83. The van der Waals surface area contributed by atoms with E-state index in [2.05, 4.69) is 68.9 Å². The SMILES string of the molecule is CCNC(=NCC(C)N(CC)CC)NC1CN(C(C)C)CC1C. The number of rotatable bonds is 8. The minimum Gasteiger partial charge on any atom is -0.357 e. The summed E-state index contributed by atoms with van der Waals surface area (Å²) in [4.78, 5) is 9.83. The molecule has 2 N–H and O–H groups in total. The van der Waals surface area contributed by atoms with Crippen molar-refractivity contribution in [1.29, 1.82) is 0 Å². The average molecular weight is 326 g/mol. The normalized spacial score (nSPS) is 24.5. The molecule has 3 atom stereocenters. The summed E-state index contributed by atoms with van der Waals surface area (Å²) in [6.07, 6.45) is 0. The quantitative estimate of drug-likeness (QED) is 0.529. The molecular formula is C18H39N5. The largest absolute Gasteiger partial charge is 0.357 e. The molecule has 1 rings (SSSR count). The third kappa shape index (κ3) is 6.30. The van der Waals surface area contributed by atoms with E-state index >= 15 is 0 Å². The molecule has 5 nitrogen and oxygen atoms in total. The molecule has 0 aliphatic carbocycles. The molecule has 0 radical (unpaired) electrons. The molecule has 0 aromatic rings. The van der Waals surface area contributed by atoms with Gasteiger partial charge in [0.2, 0.25) is 0 Å². The number of hydrogen-bond acceptors (Lipinski definition) is 3. The zero-order valence-electron chi connectivity index (χ0n) is 16.4. The lowest BCUT2D eigenvalue weighted by Gasteiger charge is -2.26. The Balaban J connectivity index is 2.62. The predicted molar refractivity (Wildman–Crippen MR) is 101 cm³/mol. The molecular weight excluding hydrogens is 286 g/mol. The van der Waals surface area contributed by atoms with Crippen molar-refractivity contribution >= 4 is 5.96 Å². The highest BCUT2D eigenvalue weighted by Gasteiger charge is 2.31. The summed E-state index contributed by atoms with van der Waals surface area (Å²) in [5.74, 6) is 1.62. The van der Waals surface area contributed by atoms with Crippen LogP contribution in [-0.2, 0) is 0 Å². The summed E-state index contributed by atoms with van der Waals surface area (Å²) < 4.78 is 0. The third-order valence-corrected chi connectivity index (χ3v) is 4.99. The number of likely N-dealkylation sites (N-methyl/N-ethyl adjacent to an activating group) is 1. The van der Waals surface area contributed by atoms with Crippen molar-refractivity contribution in [1.82, 2.24) is 20.4 Å². The number of nitrogens with one attached hydrogen (secondary N) is 2. The van der Waals surface area contributed by atoms with Gasteiger partial charge >= 0.3 is 0 Å². The van der Waals surface area contributed by atoms with Crippen LogP contribution in [0.5, 0.6) is 0 Å². The van der Waals surface area contributed by atoms with Crippen LogP contribution < -0.4 is 10.6 Å². The van der Waals surface area contributed by atoms with Gasteiger partial charge < -0.3 is 10.6 Å². The Labute approximate surface area is 143 Å². The van der Waals surface area contributed by atoms with Gasteiger partial charge in [-0.25, -0.2) is 0 Å². The van der Waals surface area contributed by atoms with Crippen molar-refractivity contribution < 1.29 is 0 Å². The standard InChI is InChI=1S/C18H39N5/c1-8-19-18(20-11-16(7)22(9-2)10-3)21-17-13-23(14(4)5)12-15(17)6/h14-17H,8-13H2,1-7H3,(H2,19,20,21). The number of likely N-dealkylation sites (tertiary alicyclic amines) is 1. The number of hydrogen-bond donors (Lipinski definition) is 2. The fraction of sp³-hybridized carbons (Fsp3) is 0.944. The van der Waals surface area contributed by atoms with E-state index in [1.807, 2.05) is 0 Å². The topological polar surface area (TPSA) is 42.9 Å². The number of nitrogens with zero attached hydrogens (tertiary/aromatic N) is 3. The van der Waals surface area contributed by atoms with E-state index in [1.165, 1.54) is 6.54 Å². The number of guanidine groups is 1. The van der Waals surface area contributed by atoms with Gasteiger partial charge in [0.25, 0.3) is 0 Å². The minimum atomic E-state index is 0.480. The highest BCUT2D eigenvalue weighted by atomic mass is 15.3. The third-order valence-electron chi connectivity index (χ3n) is 4.99. The first-order chi connectivity index (χ1) is 10.9. The lowest BCUT2D eigenvalue weighted by Crippen LogP contribution is -2.47. The summed E-state index contributed by atoms with van der Waals surface area (Å²) >= 11 is 0. The lowest BCUT2D eigenvalue weighted by atomic mass is 10.1. The van der Waals surface area contributed by atoms with Gasteiger partial charge in [-0.05, 0) is 46.7 Å². The Hall–Kier alpha value is -0.810. The number of aliphatic imine (C=N–C) groups is 1. The molecule has 0 spiro atoms. The summed E-state index contributed by atoms with van der Waals surface area (Å²) in [7, 11) is 0. The molecule has 0 aromatic heterocycles. The van der Waals surface area contributed by atoms with Crippen LogP contribution in [0.2, 0.25) is 0 Å². The van der Waals surface area contributed by atoms with Crippen molar-refractivity contribution in [3.8, 4) is 0 Å². The van der Waals surface area contributed by atoms with Crippen molar-refractivity contribution in [2.75, 3.05) is 39.3 Å². The van der Waals surface area contributed by atoms with Crippen LogP contribution in [0.25, 0.3) is 0 Å². The van der Waals surface area contributed by atoms with Crippen LogP contribution in [-0.4, -0.2) is 73.2 Å². The van der Waals surface area contributed by atoms with Crippen molar-refractivity contribution in [2.24, 2.45) is 10.9 Å². The Morgan fingerprint density at radius 3 is 2.30 bits per heavy atom. The monoisotopic (exact) mass is 325 g/mol. The molecule has 0 aromatic carbocycles. The predicted octanol–water partition coefficient (Wildman–Crippen LogP) is 2.00. The van der Waals surface area contributed by atoms with Gasteiger partial charge in [-0.1, -0.05) is 20.8 Å². The smallest absolute Gasteiger partial charge is 0.191 e. The fourth-order valence-electron chi connectivity index (χ4n) is 3.30. The van der Waals surface area contributed by atoms with Crippen LogP contribution in [0.4, 0.5) is 0 Å². The van der Waals surface area contributed by atoms with Crippen LogP contribution in [0, 0.1) is 5.92 Å². The Kier molecular flexibility index (Phi) is 8.92. The van der Waals surface area contributed by atoms with Crippen molar-refractivity contribution in [2.45, 2.75) is 66.6 Å². The van der Waals surface area contributed by atoms with E-state index in [9.17, 15) is 0 Å². The summed E-state index contributed by atoms with van der Waals surface area (Å²) in [5.41, 5.74) is 0. The summed E-state index contributed by atoms with van der Waals surface area (Å²) in [5, 5.41) is 7.07. The second kappa shape index (κ2) is 10.1. The van der Waals surface area contributed by atoms with Crippen LogP contribution in [0.3, 0.4) is 0 Å². The van der Waals surface area contributed by atoms with Gasteiger partial charge in [0.15, 0.2) is 5.96 Å². The molecule has 0 bridgehead atoms. The van der Waals surface area contributed by atoms with E-state index < -0.39 is 0 Å². The van der Waals surface area contributed by atoms with E-state index in [1.54, 1.807) is 0 Å². The van der Waals surface area contributed by atoms with Crippen LogP contribution in [0.1, 0.15) is 48.5 Å². The first-order valence-electron chi connectivity index (χ1n) is 9.45. The van der Waals surface area contributed by atoms with Crippen LogP contribution >= 0.6 is 0 Å². The van der Waals surface area contributed by atoms with Crippen LogP contribution in [0.15, 0.2) is 4.99 Å². The van der Waals surface area contributed by atoms with Gasteiger partial charge in [-0.15, -0.1) is 0 Å². The molecule has 3 unspecified atom stereocenters. The Morgan fingerprint density at radius 2 is 1.83 bits per heavy atom. The summed E-state index contributed by atoms with van der Waals surface area (Å²) in [6, 6.07) is 1.58. The zero-order chi connectivity index (χ0) is 17.4. The molecule has 1 aliphatic rings. The maximum atomic E-state index is 4.83.